The zero-order valence-electron chi connectivity index (χ0n) is 36.2. The maximum atomic E-state index is 12.5. The summed E-state index contributed by atoms with van der Waals surface area (Å²) in [4.78, 5) is 25.0. The van der Waals surface area contributed by atoms with Crippen LogP contribution in [0.15, 0.2) is 36.5 Å². The van der Waals surface area contributed by atoms with Gasteiger partial charge in [0.25, 0.3) is 0 Å². The van der Waals surface area contributed by atoms with Crippen LogP contribution in [0, 0.1) is 0 Å². The molecular weight excluding hydrogens is 669 g/mol. The second-order valence-electron chi connectivity index (χ2n) is 15.6. The van der Waals surface area contributed by atoms with Gasteiger partial charge < -0.3 is 14.2 Å². The molecule has 0 saturated heterocycles. The van der Waals surface area contributed by atoms with E-state index in [0.717, 1.165) is 70.6 Å². The Morgan fingerprint density at radius 1 is 0.426 bits per heavy atom. The summed E-state index contributed by atoms with van der Waals surface area (Å²) in [5, 5.41) is 0. The molecular formula is C49H90O5. The van der Waals surface area contributed by atoms with Crippen molar-refractivity contribution in [1.29, 1.82) is 0 Å². The molecule has 0 aliphatic rings. The van der Waals surface area contributed by atoms with Crippen molar-refractivity contribution >= 4 is 11.9 Å². The standard InChI is InChI=1S/C49H90O5/c1-4-7-10-13-15-17-19-21-23-24-25-26-27-28-30-32-34-37-39-42-48(50)53-46-47(54-49(51)43-40-36-12-9-6-3)45-52-44-41-38-35-33-31-29-22-20-18-16-14-11-8-5-2/h8,11,16,18,22,29,47H,4-7,9-10,12-15,17,19-21,23-28,30-46H2,1-3H3/b11-8-,18-16-,29-22-. The van der Waals surface area contributed by atoms with E-state index in [9.17, 15) is 9.59 Å². The second-order valence-corrected chi connectivity index (χ2v) is 15.6. The van der Waals surface area contributed by atoms with Gasteiger partial charge in [0.1, 0.15) is 6.61 Å². The Kier molecular flexibility index (Phi) is 43.9. The highest BCUT2D eigenvalue weighted by Crippen LogP contribution is 2.15. The van der Waals surface area contributed by atoms with Gasteiger partial charge in [-0.3, -0.25) is 9.59 Å². The first-order chi connectivity index (χ1) is 26.6. The molecule has 0 rings (SSSR count). The van der Waals surface area contributed by atoms with Crippen molar-refractivity contribution in [3.8, 4) is 0 Å². The van der Waals surface area contributed by atoms with Crippen LogP contribution in [0.1, 0.15) is 239 Å². The van der Waals surface area contributed by atoms with Crippen LogP contribution in [0.4, 0.5) is 0 Å². The van der Waals surface area contributed by atoms with Crippen LogP contribution in [0.2, 0.25) is 0 Å². The van der Waals surface area contributed by atoms with Gasteiger partial charge in [0, 0.05) is 19.4 Å². The highest BCUT2D eigenvalue weighted by Gasteiger charge is 2.17. The minimum Gasteiger partial charge on any atom is -0.462 e. The van der Waals surface area contributed by atoms with Gasteiger partial charge in [0.2, 0.25) is 0 Å². The molecule has 1 atom stereocenters. The van der Waals surface area contributed by atoms with Gasteiger partial charge >= 0.3 is 11.9 Å². The fraction of sp³-hybridized carbons (Fsp3) is 0.837. The molecule has 0 radical (unpaired) electrons. The van der Waals surface area contributed by atoms with Gasteiger partial charge in [0.15, 0.2) is 6.10 Å². The average Bonchev–Trinajstić information content (AvgIpc) is 3.17. The maximum Gasteiger partial charge on any atom is 0.306 e. The van der Waals surface area contributed by atoms with Crippen molar-refractivity contribution in [2.45, 2.75) is 245 Å². The lowest BCUT2D eigenvalue weighted by Gasteiger charge is -2.18. The molecule has 0 aromatic heterocycles. The van der Waals surface area contributed by atoms with Gasteiger partial charge in [-0.05, 0) is 51.4 Å². The first-order valence-corrected chi connectivity index (χ1v) is 23.5. The van der Waals surface area contributed by atoms with Crippen molar-refractivity contribution in [3.63, 3.8) is 0 Å². The molecule has 0 saturated carbocycles. The SMILES string of the molecule is CC/C=C\C/C=C\C/C=C\CCCCCCOCC(COC(=O)CCCCCCCCCCCCCCCCCCCCC)OC(=O)CCCCCCC. The number of hydrogen-bond acceptors (Lipinski definition) is 5. The van der Waals surface area contributed by atoms with Gasteiger partial charge in [-0.2, -0.15) is 0 Å². The summed E-state index contributed by atoms with van der Waals surface area (Å²) in [6.45, 7) is 7.62. The van der Waals surface area contributed by atoms with Crippen LogP contribution in [0.5, 0.6) is 0 Å². The molecule has 0 aromatic carbocycles. The number of hydrogen-bond donors (Lipinski definition) is 0. The molecule has 0 aliphatic heterocycles. The smallest absolute Gasteiger partial charge is 0.306 e. The van der Waals surface area contributed by atoms with Crippen LogP contribution in [0.3, 0.4) is 0 Å². The zero-order valence-corrected chi connectivity index (χ0v) is 36.2. The predicted molar refractivity (Wildman–Crippen MR) is 233 cm³/mol. The molecule has 0 N–H and O–H groups in total. The van der Waals surface area contributed by atoms with E-state index in [-0.39, 0.29) is 25.2 Å². The van der Waals surface area contributed by atoms with E-state index in [1.165, 1.54) is 135 Å². The van der Waals surface area contributed by atoms with Crippen molar-refractivity contribution in [2.75, 3.05) is 19.8 Å². The molecule has 1 unspecified atom stereocenters. The molecule has 0 aliphatic carbocycles. The highest BCUT2D eigenvalue weighted by atomic mass is 16.6. The number of allylic oxidation sites excluding steroid dienone is 6. The van der Waals surface area contributed by atoms with Crippen molar-refractivity contribution in [3.05, 3.63) is 36.5 Å². The summed E-state index contributed by atoms with van der Waals surface area (Å²) in [6, 6.07) is 0. The van der Waals surface area contributed by atoms with Crippen molar-refractivity contribution in [1.82, 2.24) is 0 Å². The molecule has 0 heterocycles. The van der Waals surface area contributed by atoms with Gasteiger partial charge in [-0.1, -0.05) is 211 Å². The summed E-state index contributed by atoms with van der Waals surface area (Å²) in [5.41, 5.74) is 0. The van der Waals surface area contributed by atoms with Gasteiger partial charge in [-0.25, -0.2) is 0 Å². The van der Waals surface area contributed by atoms with E-state index < -0.39 is 6.10 Å². The van der Waals surface area contributed by atoms with E-state index in [2.05, 4.69) is 57.2 Å². The minimum atomic E-state index is -0.538. The summed E-state index contributed by atoms with van der Waals surface area (Å²) in [6.07, 6.45) is 53.2. The summed E-state index contributed by atoms with van der Waals surface area (Å²) in [7, 11) is 0. The molecule has 0 spiro atoms. The average molecular weight is 759 g/mol. The third-order valence-electron chi connectivity index (χ3n) is 10.2. The largest absolute Gasteiger partial charge is 0.462 e. The fourth-order valence-corrected chi connectivity index (χ4v) is 6.70. The predicted octanol–water partition coefficient (Wildman–Crippen LogP) is 15.4. The normalized spacial score (nSPS) is 12.4. The second kappa shape index (κ2) is 45.5. The molecule has 0 bridgehead atoms. The van der Waals surface area contributed by atoms with E-state index in [1.54, 1.807) is 0 Å². The van der Waals surface area contributed by atoms with Gasteiger partial charge in [-0.15, -0.1) is 0 Å². The first kappa shape index (κ1) is 52.1. The van der Waals surface area contributed by atoms with Crippen LogP contribution in [-0.4, -0.2) is 37.9 Å². The van der Waals surface area contributed by atoms with Crippen molar-refractivity contribution in [2.24, 2.45) is 0 Å². The Morgan fingerprint density at radius 2 is 0.833 bits per heavy atom. The number of esters is 2. The summed E-state index contributed by atoms with van der Waals surface area (Å²) < 4.78 is 17.2. The third-order valence-corrected chi connectivity index (χ3v) is 10.2. The lowest BCUT2D eigenvalue weighted by molar-refractivity contribution is -0.163. The topological polar surface area (TPSA) is 61.8 Å². The minimum absolute atomic E-state index is 0.0799. The van der Waals surface area contributed by atoms with Crippen LogP contribution in [0.25, 0.3) is 0 Å². The monoisotopic (exact) mass is 759 g/mol. The molecule has 5 heteroatoms. The highest BCUT2D eigenvalue weighted by molar-refractivity contribution is 5.70. The molecule has 5 nitrogen and oxygen atoms in total. The molecule has 0 amide bonds. The Morgan fingerprint density at radius 3 is 1.33 bits per heavy atom. The molecule has 316 valence electrons. The fourth-order valence-electron chi connectivity index (χ4n) is 6.70. The Balaban J connectivity index is 4.01. The number of rotatable bonds is 43. The maximum absolute atomic E-state index is 12.5. The lowest BCUT2D eigenvalue weighted by atomic mass is 10.0. The Bertz CT molecular complexity index is 862. The molecule has 54 heavy (non-hydrogen) atoms. The quantitative estimate of drug-likeness (QED) is 0.0352. The molecule has 0 fully saturated rings. The van der Waals surface area contributed by atoms with E-state index in [1.807, 2.05) is 0 Å². The van der Waals surface area contributed by atoms with E-state index >= 15 is 0 Å². The Labute approximate surface area is 336 Å². The number of ether oxygens (including phenoxy) is 3. The van der Waals surface area contributed by atoms with Crippen LogP contribution >= 0.6 is 0 Å². The van der Waals surface area contributed by atoms with Crippen LogP contribution < -0.4 is 0 Å². The lowest BCUT2D eigenvalue weighted by Crippen LogP contribution is -2.30. The van der Waals surface area contributed by atoms with E-state index in [0.29, 0.717) is 19.4 Å². The number of carbonyl (C=O) groups excluding carboxylic acids is 2. The summed E-state index contributed by atoms with van der Waals surface area (Å²) in [5.74, 6) is -0.413. The van der Waals surface area contributed by atoms with Crippen LogP contribution in [-0.2, 0) is 23.8 Å². The van der Waals surface area contributed by atoms with E-state index in [4.69, 9.17) is 14.2 Å². The Hall–Kier alpha value is -1.88. The molecule has 0 aromatic rings. The third kappa shape index (κ3) is 42.9. The summed E-state index contributed by atoms with van der Waals surface area (Å²) >= 11 is 0. The number of unbranched alkanes of at least 4 members (excludes halogenated alkanes) is 26. The number of carbonyl (C=O) groups is 2. The van der Waals surface area contributed by atoms with Gasteiger partial charge in [0.05, 0.1) is 6.61 Å². The first-order valence-electron chi connectivity index (χ1n) is 23.5. The van der Waals surface area contributed by atoms with Crippen molar-refractivity contribution < 1.29 is 23.8 Å². The zero-order chi connectivity index (χ0) is 39.3.